The van der Waals surface area contributed by atoms with Crippen LogP contribution >= 0.6 is 0 Å². The van der Waals surface area contributed by atoms with Crippen molar-refractivity contribution in [1.82, 2.24) is 10.2 Å². The first kappa shape index (κ1) is 20.1. The summed E-state index contributed by atoms with van der Waals surface area (Å²) in [5, 5.41) is 2.92. The standard InChI is InChI=1S/C20H30N2O4/c1-7-13(2)21-18(23)20(3,4)19(24)22-9-8-14-10-16(25-5)17(26-6)11-15(14)12-22/h10-11,13H,7-9,12H2,1-6H3,(H,21,23). The molecule has 1 heterocycles. The third kappa shape index (κ3) is 3.94. The molecule has 2 rings (SSSR count). The topological polar surface area (TPSA) is 67.9 Å². The molecular weight excluding hydrogens is 332 g/mol. The molecule has 1 aliphatic heterocycles. The quantitative estimate of drug-likeness (QED) is 0.790. The summed E-state index contributed by atoms with van der Waals surface area (Å²) in [5.74, 6) is 0.960. The lowest BCUT2D eigenvalue weighted by Crippen LogP contribution is -2.52. The number of hydrogen-bond acceptors (Lipinski definition) is 4. The molecule has 0 aromatic heterocycles. The van der Waals surface area contributed by atoms with Crippen LogP contribution in [0.3, 0.4) is 0 Å². The number of nitrogens with zero attached hydrogens (tertiary/aromatic N) is 1. The number of methoxy groups -OCH3 is 2. The number of ether oxygens (including phenoxy) is 2. The Morgan fingerprint density at radius 1 is 1.19 bits per heavy atom. The van der Waals surface area contributed by atoms with Gasteiger partial charge in [-0.3, -0.25) is 9.59 Å². The van der Waals surface area contributed by atoms with E-state index in [4.69, 9.17) is 9.47 Å². The Morgan fingerprint density at radius 2 is 1.77 bits per heavy atom. The monoisotopic (exact) mass is 362 g/mol. The fraction of sp³-hybridized carbons (Fsp3) is 0.600. The molecule has 6 heteroatoms. The third-order valence-electron chi connectivity index (χ3n) is 5.10. The highest BCUT2D eigenvalue weighted by Crippen LogP contribution is 2.34. The summed E-state index contributed by atoms with van der Waals surface area (Å²) < 4.78 is 10.7. The molecule has 2 amide bonds. The molecule has 26 heavy (non-hydrogen) atoms. The van der Waals surface area contributed by atoms with Gasteiger partial charge in [0.05, 0.1) is 14.2 Å². The fourth-order valence-electron chi connectivity index (χ4n) is 3.06. The number of benzene rings is 1. The molecule has 0 fully saturated rings. The zero-order valence-electron chi connectivity index (χ0n) is 16.6. The van der Waals surface area contributed by atoms with E-state index in [1.165, 1.54) is 0 Å². The van der Waals surface area contributed by atoms with Crippen molar-refractivity contribution in [2.45, 2.75) is 53.1 Å². The van der Waals surface area contributed by atoms with Gasteiger partial charge in [0.2, 0.25) is 11.8 Å². The zero-order chi connectivity index (χ0) is 19.5. The summed E-state index contributed by atoms with van der Waals surface area (Å²) in [7, 11) is 3.21. The lowest BCUT2D eigenvalue weighted by Gasteiger charge is -2.35. The lowest BCUT2D eigenvalue weighted by molar-refractivity contribution is -0.149. The van der Waals surface area contributed by atoms with Gasteiger partial charge in [-0.15, -0.1) is 0 Å². The van der Waals surface area contributed by atoms with Crippen molar-refractivity contribution < 1.29 is 19.1 Å². The third-order valence-corrected chi connectivity index (χ3v) is 5.10. The van der Waals surface area contributed by atoms with E-state index in [-0.39, 0.29) is 17.9 Å². The van der Waals surface area contributed by atoms with Crippen LogP contribution in [0.5, 0.6) is 11.5 Å². The Labute approximate surface area is 155 Å². The lowest BCUT2D eigenvalue weighted by atomic mass is 9.88. The maximum absolute atomic E-state index is 13.0. The van der Waals surface area contributed by atoms with Crippen molar-refractivity contribution in [3.05, 3.63) is 23.3 Å². The number of amides is 2. The zero-order valence-corrected chi connectivity index (χ0v) is 16.6. The summed E-state index contributed by atoms with van der Waals surface area (Å²) in [6, 6.07) is 3.93. The van der Waals surface area contributed by atoms with Gasteiger partial charge < -0.3 is 19.7 Å². The first-order valence-electron chi connectivity index (χ1n) is 9.08. The Hall–Kier alpha value is -2.24. The summed E-state index contributed by atoms with van der Waals surface area (Å²) in [6.45, 7) is 8.38. The average Bonchev–Trinajstić information content (AvgIpc) is 2.65. The first-order chi connectivity index (χ1) is 12.2. The molecule has 6 nitrogen and oxygen atoms in total. The molecule has 1 unspecified atom stereocenters. The van der Waals surface area contributed by atoms with Crippen molar-refractivity contribution in [3.63, 3.8) is 0 Å². The van der Waals surface area contributed by atoms with Gasteiger partial charge in [-0.05, 0) is 56.9 Å². The molecule has 144 valence electrons. The second kappa shape index (κ2) is 7.98. The van der Waals surface area contributed by atoms with E-state index in [1.807, 2.05) is 26.0 Å². The Morgan fingerprint density at radius 3 is 2.31 bits per heavy atom. The number of nitrogens with one attached hydrogen (secondary N) is 1. The van der Waals surface area contributed by atoms with Crippen LogP contribution < -0.4 is 14.8 Å². The molecule has 0 saturated carbocycles. The molecule has 1 atom stereocenters. The van der Waals surface area contributed by atoms with Crippen molar-refractivity contribution in [2.24, 2.45) is 5.41 Å². The molecule has 1 N–H and O–H groups in total. The van der Waals surface area contributed by atoms with Crippen molar-refractivity contribution in [3.8, 4) is 11.5 Å². The van der Waals surface area contributed by atoms with Crippen LogP contribution in [0, 0.1) is 5.41 Å². The molecule has 0 spiro atoms. The van der Waals surface area contributed by atoms with E-state index in [0.717, 1.165) is 24.0 Å². The Kier molecular flexibility index (Phi) is 6.16. The SMILES string of the molecule is CCC(C)NC(=O)C(C)(C)C(=O)N1CCc2cc(OC)c(OC)cc2C1. The normalized spacial score (nSPS) is 15.1. The fourth-order valence-corrected chi connectivity index (χ4v) is 3.06. The van der Waals surface area contributed by atoms with Crippen LogP contribution in [0.1, 0.15) is 45.2 Å². The molecular formula is C20H30N2O4. The number of hydrogen-bond donors (Lipinski definition) is 1. The Balaban J connectivity index is 2.19. The van der Waals surface area contributed by atoms with Gasteiger partial charge in [0, 0.05) is 19.1 Å². The van der Waals surface area contributed by atoms with Gasteiger partial charge in [-0.1, -0.05) is 6.92 Å². The van der Waals surface area contributed by atoms with Gasteiger partial charge >= 0.3 is 0 Å². The van der Waals surface area contributed by atoms with Gasteiger partial charge in [0.15, 0.2) is 11.5 Å². The van der Waals surface area contributed by atoms with Crippen LogP contribution in [0.2, 0.25) is 0 Å². The average molecular weight is 362 g/mol. The van der Waals surface area contributed by atoms with E-state index in [0.29, 0.717) is 24.6 Å². The van der Waals surface area contributed by atoms with Crippen LogP contribution in [-0.4, -0.2) is 43.5 Å². The van der Waals surface area contributed by atoms with E-state index in [1.54, 1.807) is 33.0 Å². The van der Waals surface area contributed by atoms with Crippen LogP contribution in [0.25, 0.3) is 0 Å². The first-order valence-corrected chi connectivity index (χ1v) is 9.08. The number of carbonyl (C=O) groups is 2. The smallest absolute Gasteiger partial charge is 0.238 e. The minimum Gasteiger partial charge on any atom is -0.493 e. The second-order valence-electron chi connectivity index (χ2n) is 7.36. The number of fused-ring (bicyclic) bond motifs is 1. The van der Waals surface area contributed by atoms with Gasteiger partial charge in [-0.25, -0.2) is 0 Å². The van der Waals surface area contributed by atoms with Crippen molar-refractivity contribution in [2.75, 3.05) is 20.8 Å². The number of carbonyl (C=O) groups excluding carboxylic acids is 2. The van der Waals surface area contributed by atoms with E-state index in [9.17, 15) is 9.59 Å². The highest BCUT2D eigenvalue weighted by atomic mass is 16.5. The predicted molar refractivity (Wildman–Crippen MR) is 100 cm³/mol. The maximum Gasteiger partial charge on any atom is 0.238 e. The molecule has 1 aliphatic rings. The predicted octanol–water partition coefficient (Wildman–Crippen LogP) is 2.53. The largest absolute Gasteiger partial charge is 0.493 e. The second-order valence-corrected chi connectivity index (χ2v) is 7.36. The maximum atomic E-state index is 13.0. The summed E-state index contributed by atoms with van der Waals surface area (Å²) in [6.07, 6.45) is 1.55. The molecule has 0 radical (unpaired) electrons. The van der Waals surface area contributed by atoms with E-state index in [2.05, 4.69) is 5.32 Å². The highest BCUT2D eigenvalue weighted by molar-refractivity contribution is 6.04. The van der Waals surface area contributed by atoms with Crippen LogP contribution in [0.4, 0.5) is 0 Å². The van der Waals surface area contributed by atoms with Crippen LogP contribution in [-0.2, 0) is 22.6 Å². The molecule has 0 aliphatic carbocycles. The minimum atomic E-state index is -1.10. The molecule has 1 aromatic rings. The number of rotatable bonds is 6. The minimum absolute atomic E-state index is 0.0494. The molecule has 0 saturated heterocycles. The highest BCUT2D eigenvalue weighted by Gasteiger charge is 2.40. The van der Waals surface area contributed by atoms with E-state index < -0.39 is 5.41 Å². The Bertz CT molecular complexity index is 685. The van der Waals surface area contributed by atoms with E-state index >= 15 is 0 Å². The summed E-state index contributed by atoms with van der Waals surface area (Å²) >= 11 is 0. The molecule has 0 bridgehead atoms. The van der Waals surface area contributed by atoms with Gasteiger partial charge in [0.25, 0.3) is 0 Å². The van der Waals surface area contributed by atoms with Crippen molar-refractivity contribution in [1.29, 1.82) is 0 Å². The summed E-state index contributed by atoms with van der Waals surface area (Å²) in [4.78, 5) is 27.3. The summed E-state index contributed by atoms with van der Waals surface area (Å²) in [5.41, 5.74) is 1.08. The molecule has 1 aromatic carbocycles. The van der Waals surface area contributed by atoms with Crippen LogP contribution in [0.15, 0.2) is 12.1 Å². The van der Waals surface area contributed by atoms with Crippen molar-refractivity contribution >= 4 is 11.8 Å². The van der Waals surface area contributed by atoms with Gasteiger partial charge in [0.1, 0.15) is 5.41 Å². The van der Waals surface area contributed by atoms with Gasteiger partial charge in [-0.2, -0.15) is 0 Å².